The molecule has 0 aliphatic carbocycles. The molecule has 0 saturated carbocycles. The van der Waals surface area contributed by atoms with Crippen LogP contribution in [0.1, 0.15) is 41.0 Å². The average Bonchev–Trinajstić information content (AvgIpc) is 2.48. The van der Waals surface area contributed by atoms with Gasteiger partial charge in [-0.25, -0.2) is 0 Å². The van der Waals surface area contributed by atoms with E-state index in [-0.39, 0.29) is 32.3 Å². The van der Waals surface area contributed by atoms with Gasteiger partial charge in [-0.05, 0) is 27.2 Å². The monoisotopic (exact) mass is 304 g/mol. The lowest BCUT2D eigenvalue weighted by Gasteiger charge is -2.25. The first-order valence-electron chi connectivity index (χ1n) is 7.19. The molecule has 0 bridgehead atoms. The number of aliphatic hydroxyl groups excluding tert-OH is 2. The van der Waals surface area contributed by atoms with Gasteiger partial charge in [0.15, 0.2) is 0 Å². The van der Waals surface area contributed by atoms with Crippen molar-refractivity contribution in [3.05, 3.63) is 0 Å². The second-order valence-electron chi connectivity index (χ2n) is 6.42. The summed E-state index contributed by atoms with van der Waals surface area (Å²) in [6.07, 6.45) is 0.483. The number of esters is 2. The molecule has 21 heavy (non-hydrogen) atoms. The van der Waals surface area contributed by atoms with Crippen LogP contribution in [-0.4, -0.2) is 48.6 Å². The van der Waals surface area contributed by atoms with Crippen molar-refractivity contribution >= 4 is 11.9 Å². The van der Waals surface area contributed by atoms with E-state index in [0.717, 1.165) is 0 Å². The summed E-state index contributed by atoms with van der Waals surface area (Å²) in [5.41, 5.74) is -1.83. The Morgan fingerprint density at radius 3 is 1.86 bits per heavy atom. The first kappa shape index (κ1) is 19.9. The second kappa shape index (κ2) is 8.34. The minimum Gasteiger partial charge on any atom is -0.465 e. The van der Waals surface area contributed by atoms with E-state index in [1.165, 1.54) is 0 Å². The molecule has 0 aromatic rings. The third-order valence-electron chi connectivity index (χ3n) is 3.57. The largest absolute Gasteiger partial charge is 0.465 e. The van der Waals surface area contributed by atoms with E-state index in [1.54, 1.807) is 34.6 Å². The van der Waals surface area contributed by atoms with Crippen LogP contribution in [-0.2, 0) is 19.1 Å². The summed E-state index contributed by atoms with van der Waals surface area (Å²) in [5, 5.41) is 18.3. The Labute approximate surface area is 126 Å². The van der Waals surface area contributed by atoms with Gasteiger partial charge in [-0.15, -0.1) is 0 Å². The highest BCUT2D eigenvalue weighted by Crippen LogP contribution is 2.22. The fourth-order valence-electron chi connectivity index (χ4n) is 1.24. The SMILES string of the molecule is CCC(C)(CO)C(=O)OCC(C)COC(=O)C(C)(C)CO. The van der Waals surface area contributed by atoms with Crippen molar-refractivity contribution in [1.29, 1.82) is 0 Å². The maximum atomic E-state index is 11.9. The highest BCUT2D eigenvalue weighted by Gasteiger charge is 2.33. The van der Waals surface area contributed by atoms with Crippen LogP contribution >= 0.6 is 0 Å². The van der Waals surface area contributed by atoms with Gasteiger partial charge >= 0.3 is 11.9 Å². The van der Waals surface area contributed by atoms with E-state index in [2.05, 4.69) is 0 Å². The molecule has 124 valence electrons. The van der Waals surface area contributed by atoms with Crippen LogP contribution < -0.4 is 0 Å². The molecule has 2 atom stereocenters. The first-order chi connectivity index (χ1) is 9.62. The van der Waals surface area contributed by atoms with E-state index >= 15 is 0 Å². The zero-order valence-corrected chi connectivity index (χ0v) is 13.6. The van der Waals surface area contributed by atoms with Gasteiger partial charge in [-0.3, -0.25) is 9.59 Å². The van der Waals surface area contributed by atoms with Crippen LogP contribution in [0, 0.1) is 16.7 Å². The molecular weight excluding hydrogens is 276 g/mol. The van der Waals surface area contributed by atoms with Gasteiger partial charge in [0.1, 0.15) is 0 Å². The van der Waals surface area contributed by atoms with Crippen molar-refractivity contribution in [2.45, 2.75) is 41.0 Å². The van der Waals surface area contributed by atoms with Crippen LogP contribution in [0.15, 0.2) is 0 Å². The van der Waals surface area contributed by atoms with Crippen LogP contribution in [0.5, 0.6) is 0 Å². The zero-order valence-electron chi connectivity index (χ0n) is 13.6. The summed E-state index contributed by atoms with van der Waals surface area (Å²) < 4.78 is 10.2. The lowest BCUT2D eigenvalue weighted by atomic mass is 9.89. The Morgan fingerprint density at radius 1 is 1.00 bits per heavy atom. The van der Waals surface area contributed by atoms with Crippen molar-refractivity contribution < 1.29 is 29.3 Å². The summed E-state index contributed by atoms with van der Waals surface area (Å²) >= 11 is 0. The van der Waals surface area contributed by atoms with Gasteiger partial charge in [-0.2, -0.15) is 0 Å². The third-order valence-corrected chi connectivity index (χ3v) is 3.57. The normalized spacial score (nSPS) is 16.0. The molecular formula is C15H28O6. The van der Waals surface area contributed by atoms with Crippen LogP contribution in [0.2, 0.25) is 0 Å². The predicted octanol–water partition coefficient (Wildman–Crippen LogP) is 1.14. The molecule has 0 rings (SSSR count). The molecule has 2 unspecified atom stereocenters. The molecule has 0 aliphatic heterocycles. The number of rotatable bonds is 9. The molecule has 0 aliphatic rings. The first-order valence-corrected chi connectivity index (χ1v) is 7.19. The maximum absolute atomic E-state index is 11.9. The molecule has 0 fully saturated rings. The number of ether oxygens (including phenoxy) is 2. The van der Waals surface area contributed by atoms with Crippen molar-refractivity contribution in [2.24, 2.45) is 16.7 Å². The van der Waals surface area contributed by atoms with E-state index in [1.807, 2.05) is 0 Å². The number of hydrogen-bond donors (Lipinski definition) is 2. The second-order valence-corrected chi connectivity index (χ2v) is 6.42. The number of aliphatic hydroxyl groups is 2. The van der Waals surface area contributed by atoms with Gasteiger partial charge in [0.2, 0.25) is 0 Å². The Bertz CT molecular complexity index is 346. The summed E-state index contributed by atoms with van der Waals surface area (Å²) in [7, 11) is 0. The molecule has 2 N–H and O–H groups in total. The average molecular weight is 304 g/mol. The quantitative estimate of drug-likeness (QED) is 0.620. The Balaban J connectivity index is 4.21. The van der Waals surface area contributed by atoms with Gasteiger partial charge in [0.25, 0.3) is 0 Å². The van der Waals surface area contributed by atoms with Crippen molar-refractivity contribution in [2.75, 3.05) is 26.4 Å². The maximum Gasteiger partial charge on any atom is 0.314 e. The third kappa shape index (κ3) is 6.01. The highest BCUT2D eigenvalue weighted by molar-refractivity contribution is 5.76. The molecule has 6 nitrogen and oxygen atoms in total. The smallest absolute Gasteiger partial charge is 0.314 e. The molecule has 0 saturated heterocycles. The lowest BCUT2D eigenvalue weighted by molar-refractivity contribution is -0.162. The molecule has 0 radical (unpaired) electrons. The molecule has 0 heterocycles. The minimum atomic E-state index is -0.936. The Kier molecular flexibility index (Phi) is 7.89. The van der Waals surface area contributed by atoms with Crippen molar-refractivity contribution in [3.63, 3.8) is 0 Å². The summed E-state index contributed by atoms with van der Waals surface area (Å²) in [6.45, 7) is 8.08. The van der Waals surface area contributed by atoms with Crippen LogP contribution in [0.25, 0.3) is 0 Å². The van der Waals surface area contributed by atoms with Gasteiger partial charge in [-0.1, -0.05) is 13.8 Å². The van der Waals surface area contributed by atoms with Crippen molar-refractivity contribution in [1.82, 2.24) is 0 Å². The van der Waals surface area contributed by atoms with Gasteiger partial charge in [0, 0.05) is 5.92 Å². The number of carbonyl (C=O) groups is 2. The predicted molar refractivity (Wildman–Crippen MR) is 77.4 cm³/mol. The lowest BCUT2D eigenvalue weighted by Crippen LogP contribution is -2.35. The Morgan fingerprint density at radius 2 is 1.48 bits per heavy atom. The number of carbonyl (C=O) groups excluding carboxylic acids is 2. The number of hydrogen-bond acceptors (Lipinski definition) is 6. The Hall–Kier alpha value is -1.14. The van der Waals surface area contributed by atoms with Crippen molar-refractivity contribution in [3.8, 4) is 0 Å². The van der Waals surface area contributed by atoms with Crippen LogP contribution in [0.3, 0.4) is 0 Å². The highest BCUT2D eigenvalue weighted by atomic mass is 16.5. The van der Waals surface area contributed by atoms with Gasteiger partial charge < -0.3 is 19.7 Å². The minimum absolute atomic E-state index is 0.109. The van der Waals surface area contributed by atoms with E-state index in [9.17, 15) is 14.7 Å². The standard InChI is InChI=1S/C15H28O6/c1-6-15(5,10-17)13(19)21-8-11(2)7-20-12(18)14(3,4)9-16/h11,16-17H,6-10H2,1-5H3. The zero-order chi connectivity index (χ0) is 16.7. The molecule has 0 amide bonds. The topological polar surface area (TPSA) is 93.1 Å². The van der Waals surface area contributed by atoms with Crippen LogP contribution in [0.4, 0.5) is 0 Å². The summed E-state index contributed by atoms with van der Waals surface area (Å²) in [5.74, 6) is -1.11. The van der Waals surface area contributed by atoms with Gasteiger partial charge in [0.05, 0.1) is 37.3 Å². The molecule has 0 aromatic carbocycles. The van der Waals surface area contributed by atoms with E-state index < -0.39 is 22.8 Å². The van der Waals surface area contributed by atoms with E-state index in [0.29, 0.717) is 6.42 Å². The fraction of sp³-hybridized carbons (Fsp3) is 0.867. The molecule has 0 aromatic heterocycles. The molecule has 0 spiro atoms. The van der Waals surface area contributed by atoms with E-state index in [4.69, 9.17) is 14.6 Å². The fourth-order valence-corrected chi connectivity index (χ4v) is 1.24. The summed E-state index contributed by atoms with van der Waals surface area (Å²) in [4.78, 5) is 23.5. The summed E-state index contributed by atoms with van der Waals surface area (Å²) in [6, 6.07) is 0. The molecule has 6 heteroatoms.